The van der Waals surface area contributed by atoms with Gasteiger partial charge < -0.3 is 0 Å². The minimum atomic E-state index is 0.320. The Hall–Kier alpha value is -0.850. The molecule has 1 heteroatoms. The maximum absolute atomic E-state index is 11.1. The van der Waals surface area contributed by atoms with Crippen LogP contribution >= 0.6 is 0 Å². The number of rotatable bonds is 2. The van der Waals surface area contributed by atoms with Crippen LogP contribution in [-0.2, 0) is 4.79 Å². The van der Waals surface area contributed by atoms with E-state index in [2.05, 4.69) is 19.1 Å². The summed E-state index contributed by atoms with van der Waals surface area (Å²) in [5, 5.41) is 0. The van der Waals surface area contributed by atoms with Gasteiger partial charge >= 0.3 is 0 Å². The van der Waals surface area contributed by atoms with Gasteiger partial charge in [-0.05, 0) is 30.9 Å². The SMILES string of the molecule is CC/C=C/C1=C(C)C(=O)CC1. The summed E-state index contributed by atoms with van der Waals surface area (Å²) in [5.41, 5.74) is 2.20. The van der Waals surface area contributed by atoms with Crippen LogP contribution in [0.25, 0.3) is 0 Å². The molecule has 0 bridgehead atoms. The number of carbonyl (C=O) groups excluding carboxylic acids is 1. The molecule has 0 spiro atoms. The van der Waals surface area contributed by atoms with Crippen molar-refractivity contribution in [3.8, 4) is 0 Å². The lowest BCUT2D eigenvalue weighted by Crippen LogP contribution is -1.89. The van der Waals surface area contributed by atoms with Crippen LogP contribution in [0.5, 0.6) is 0 Å². The first-order valence-corrected chi connectivity index (χ1v) is 4.15. The van der Waals surface area contributed by atoms with Crippen molar-refractivity contribution in [1.29, 1.82) is 0 Å². The summed E-state index contributed by atoms with van der Waals surface area (Å²) in [4.78, 5) is 11.1. The Morgan fingerprint density at radius 2 is 2.18 bits per heavy atom. The molecular weight excluding hydrogens is 136 g/mol. The molecule has 0 saturated heterocycles. The molecule has 0 N–H and O–H groups in total. The lowest BCUT2D eigenvalue weighted by atomic mass is 10.1. The van der Waals surface area contributed by atoms with E-state index in [4.69, 9.17) is 0 Å². The van der Waals surface area contributed by atoms with Gasteiger partial charge in [0.25, 0.3) is 0 Å². The van der Waals surface area contributed by atoms with E-state index in [0.717, 1.165) is 24.8 Å². The van der Waals surface area contributed by atoms with Crippen LogP contribution in [0.3, 0.4) is 0 Å². The van der Waals surface area contributed by atoms with E-state index in [0.29, 0.717) is 5.78 Å². The van der Waals surface area contributed by atoms with E-state index in [1.165, 1.54) is 5.57 Å². The average molecular weight is 150 g/mol. The topological polar surface area (TPSA) is 17.1 Å². The minimum absolute atomic E-state index is 0.320. The Labute approximate surface area is 67.8 Å². The molecule has 60 valence electrons. The fraction of sp³-hybridized carbons (Fsp3) is 0.500. The Morgan fingerprint density at radius 1 is 1.45 bits per heavy atom. The van der Waals surface area contributed by atoms with Gasteiger partial charge in [0, 0.05) is 6.42 Å². The molecule has 0 atom stereocenters. The first kappa shape index (κ1) is 8.25. The molecule has 0 radical (unpaired) electrons. The number of hydrogen-bond acceptors (Lipinski definition) is 1. The highest BCUT2D eigenvalue weighted by atomic mass is 16.1. The summed E-state index contributed by atoms with van der Waals surface area (Å²) >= 11 is 0. The summed E-state index contributed by atoms with van der Waals surface area (Å²) in [6, 6.07) is 0. The molecule has 0 heterocycles. The highest BCUT2D eigenvalue weighted by Gasteiger charge is 2.16. The van der Waals surface area contributed by atoms with E-state index >= 15 is 0 Å². The monoisotopic (exact) mass is 150 g/mol. The molecule has 0 unspecified atom stereocenters. The Morgan fingerprint density at radius 3 is 2.64 bits per heavy atom. The molecule has 0 aromatic heterocycles. The highest BCUT2D eigenvalue weighted by Crippen LogP contribution is 2.23. The second-order valence-corrected chi connectivity index (χ2v) is 2.88. The normalized spacial score (nSPS) is 18.9. The summed E-state index contributed by atoms with van der Waals surface area (Å²) < 4.78 is 0. The lowest BCUT2D eigenvalue weighted by Gasteiger charge is -1.91. The van der Waals surface area contributed by atoms with Gasteiger partial charge in [-0.15, -0.1) is 0 Å². The number of hydrogen-bond donors (Lipinski definition) is 0. The second-order valence-electron chi connectivity index (χ2n) is 2.88. The van der Waals surface area contributed by atoms with Crippen molar-refractivity contribution in [2.24, 2.45) is 0 Å². The first-order chi connectivity index (χ1) is 5.25. The quantitative estimate of drug-likeness (QED) is 0.591. The van der Waals surface area contributed by atoms with Crippen LogP contribution in [0.1, 0.15) is 33.1 Å². The molecule has 11 heavy (non-hydrogen) atoms. The third-order valence-electron chi connectivity index (χ3n) is 2.08. The van der Waals surface area contributed by atoms with Gasteiger partial charge in [-0.2, -0.15) is 0 Å². The van der Waals surface area contributed by atoms with Gasteiger partial charge in [-0.25, -0.2) is 0 Å². The smallest absolute Gasteiger partial charge is 0.159 e. The van der Waals surface area contributed by atoms with Gasteiger partial charge in [0.05, 0.1) is 0 Å². The molecule has 1 aliphatic rings. The van der Waals surface area contributed by atoms with Gasteiger partial charge in [0.2, 0.25) is 0 Å². The fourth-order valence-electron chi connectivity index (χ4n) is 1.27. The first-order valence-electron chi connectivity index (χ1n) is 4.15. The maximum Gasteiger partial charge on any atom is 0.159 e. The standard InChI is InChI=1S/C10H14O/c1-3-4-5-9-6-7-10(11)8(9)2/h4-5H,3,6-7H2,1-2H3/b5-4+. The van der Waals surface area contributed by atoms with Gasteiger partial charge in [-0.1, -0.05) is 19.1 Å². The van der Waals surface area contributed by atoms with E-state index < -0.39 is 0 Å². The predicted molar refractivity (Wildman–Crippen MR) is 46.4 cm³/mol. The molecule has 0 aromatic rings. The zero-order valence-electron chi connectivity index (χ0n) is 7.18. The Balaban J connectivity index is 2.72. The number of ketones is 1. The van der Waals surface area contributed by atoms with Gasteiger partial charge in [0.1, 0.15) is 0 Å². The fourth-order valence-corrected chi connectivity index (χ4v) is 1.27. The van der Waals surface area contributed by atoms with Crippen molar-refractivity contribution >= 4 is 5.78 Å². The van der Waals surface area contributed by atoms with Crippen LogP contribution in [-0.4, -0.2) is 5.78 Å². The van der Waals surface area contributed by atoms with Gasteiger partial charge in [0.15, 0.2) is 5.78 Å². The van der Waals surface area contributed by atoms with Gasteiger partial charge in [-0.3, -0.25) is 4.79 Å². The Kier molecular flexibility index (Phi) is 2.64. The van der Waals surface area contributed by atoms with Crippen molar-refractivity contribution in [3.63, 3.8) is 0 Å². The molecule has 0 saturated carbocycles. The summed E-state index contributed by atoms with van der Waals surface area (Å²) in [6.45, 7) is 4.02. The van der Waals surface area contributed by atoms with E-state index in [-0.39, 0.29) is 0 Å². The number of Topliss-reactive ketones (excluding diaryl/α,β-unsaturated/α-hetero) is 1. The molecule has 0 aliphatic heterocycles. The summed E-state index contributed by atoms with van der Waals surface area (Å²) in [5.74, 6) is 0.320. The van der Waals surface area contributed by atoms with Crippen molar-refractivity contribution < 1.29 is 4.79 Å². The van der Waals surface area contributed by atoms with Crippen LogP contribution in [0.4, 0.5) is 0 Å². The lowest BCUT2D eigenvalue weighted by molar-refractivity contribution is -0.114. The Bertz CT molecular complexity index is 221. The molecular formula is C10H14O. The van der Waals surface area contributed by atoms with Crippen molar-refractivity contribution in [2.75, 3.05) is 0 Å². The number of carbonyl (C=O) groups is 1. The van der Waals surface area contributed by atoms with E-state index in [9.17, 15) is 4.79 Å². The summed E-state index contributed by atoms with van der Waals surface area (Å²) in [6.07, 6.45) is 6.90. The molecule has 0 amide bonds. The molecule has 1 rings (SSSR count). The van der Waals surface area contributed by atoms with Crippen LogP contribution in [0.2, 0.25) is 0 Å². The molecule has 1 aliphatic carbocycles. The molecule has 1 nitrogen and oxygen atoms in total. The second kappa shape index (κ2) is 3.51. The van der Waals surface area contributed by atoms with E-state index in [1.54, 1.807) is 0 Å². The third kappa shape index (κ3) is 1.79. The predicted octanol–water partition coefficient (Wildman–Crippen LogP) is 2.63. The maximum atomic E-state index is 11.1. The highest BCUT2D eigenvalue weighted by molar-refractivity contribution is 5.98. The van der Waals surface area contributed by atoms with Crippen molar-refractivity contribution in [1.82, 2.24) is 0 Å². The largest absolute Gasteiger partial charge is 0.295 e. The van der Waals surface area contributed by atoms with Crippen molar-refractivity contribution in [3.05, 3.63) is 23.3 Å². The van der Waals surface area contributed by atoms with Crippen LogP contribution < -0.4 is 0 Å². The van der Waals surface area contributed by atoms with Crippen molar-refractivity contribution in [2.45, 2.75) is 33.1 Å². The number of allylic oxidation sites excluding steroid dienone is 4. The molecule has 0 aromatic carbocycles. The molecule has 0 fully saturated rings. The zero-order valence-corrected chi connectivity index (χ0v) is 7.18. The van der Waals surface area contributed by atoms with E-state index in [1.807, 2.05) is 6.92 Å². The minimum Gasteiger partial charge on any atom is -0.295 e. The van der Waals surface area contributed by atoms with Crippen LogP contribution in [0.15, 0.2) is 23.3 Å². The average Bonchev–Trinajstić information content (AvgIpc) is 2.31. The van der Waals surface area contributed by atoms with Crippen LogP contribution in [0, 0.1) is 0 Å². The zero-order chi connectivity index (χ0) is 8.27. The third-order valence-corrected chi connectivity index (χ3v) is 2.08. The summed E-state index contributed by atoms with van der Waals surface area (Å²) in [7, 11) is 0.